The van der Waals surface area contributed by atoms with E-state index in [1.165, 1.54) is 5.56 Å². The van der Waals surface area contributed by atoms with E-state index in [4.69, 9.17) is 17.0 Å². The van der Waals surface area contributed by atoms with Crippen LogP contribution in [0.25, 0.3) is 0 Å². The molecule has 3 aromatic rings. The van der Waals surface area contributed by atoms with E-state index < -0.39 is 5.97 Å². The number of hydrogen-bond donors (Lipinski definition) is 3. The van der Waals surface area contributed by atoms with Gasteiger partial charge in [0, 0.05) is 17.8 Å². The van der Waals surface area contributed by atoms with Gasteiger partial charge < -0.3 is 20.7 Å². The minimum Gasteiger partial charge on any atom is -0.466 e. The predicted molar refractivity (Wildman–Crippen MR) is 145 cm³/mol. The highest BCUT2D eigenvalue weighted by molar-refractivity contribution is 7.80. The number of benzene rings is 3. The lowest BCUT2D eigenvalue weighted by Crippen LogP contribution is -2.34. The maximum atomic E-state index is 12.3. The van der Waals surface area contributed by atoms with Crippen molar-refractivity contribution in [1.29, 1.82) is 0 Å². The lowest BCUT2D eigenvalue weighted by molar-refractivity contribution is -0.145. The molecule has 2 amide bonds. The van der Waals surface area contributed by atoms with Gasteiger partial charge in [-0.15, -0.1) is 0 Å². The number of carbonyl (C=O) groups is 3. The number of amides is 2. The van der Waals surface area contributed by atoms with E-state index in [2.05, 4.69) is 16.0 Å². The second-order valence-corrected chi connectivity index (χ2v) is 8.51. The number of ether oxygens (including phenoxy) is 1. The molecule has 0 heterocycles. The fraction of sp³-hybridized carbons (Fsp3) is 0.214. The Kier molecular flexibility index (Phi) is 10.6. The second-order valence-electron chi connectivity index (χ2n) is 8.10. The molecular weight excluding hydrogens is 474 g/mol. The van der Waals surface area contributed by atoms with Gasteiger partial charge in [-0.2, -0.15) is 0 Å². The zero-order valence-electron chi connectivity index (χ0n) is 19.9. The molecule has 0 spiro atoms. The first kappa shape index (κ1) is 26.6. The summed E-state index contributed by atoms with van der Waals surface area (Å²) in [7, 11) is 0. The largest absolute Gasteiger partial charge is 0.466 e. The van der Waals surface area contributed by atoms with Gasteiger partial charge in [-0.05, 0) is 54.4 Å². The first-order valence-electron chi connectivity index (χ1n) is 11.7. The Hall–Kier alpha value is -4.04. The molecule has 0 fully saturated rings. The minimum atomic E-state index is -0.420. The molecule has 3 aromatic carbocycles. The smallest absolute Gasteiger partial charge is 0.306 e. The van der Waals surface area contributed by atoms with Gasteiger partial charge in [0.15, 0.2) is 5.11 Å². The molecule has 3 N–H and O–H groups in total. The van der Waals surface area contributed by atoms with E-state index in [0.717, 1.165) is 18.4 Å². The van der Waals surface area contributed by atoms with Gasteiger partial charge >= 0.3 is 5.97 Å². The molecule has 0 saturated heterocycles. The van der Waals surface area contributed by atoms with Gasteiger partial charge in [-0.3, -0.25) is 14.4 Å². The zero-order valence-corrected chi connectivity index (χ0v) is 20.7. The summed E-state index contributed by atoms with van der Waals surface area (Å²) in [6.45, 7) is 0.313. The maximum absolute atomic E-state index is 12.3. The number of esters is 1. The van der Waals surface area contributed by atoms with Crippen molar-refractivity contribution >= 4 is 46.5 Å². The Morgan fingerprint density at radius 2 is 1.36 bits per heavy atom. The van der Waals surface area contributed by atoms with Gasteiger partial charge in [0.05, 0.1) is 19.4 Å². The topological polar surface area (TPSA) is 96.5 Å². The monoisotopic (exact) mass is 503 g/mol. The molecule has 0 atom stereocenters. The Bertz CT molecular complexity index is 1170. The predicted octanol–water partition coefficient (Wildman–Crippen LogP) is 4.64. The molecule has 36 heavy (non-hydrogen) atoms. The summed E-state index contributed by atoms with van der Waals surface area (Å²) in [5.41, 5.74) is 3.32. The van der Waals surface area contributed by atoms with Crippen LogP contribution in [0.2, 0.25) is 0 Å². The first-order chi connectivity index (χ1) is 17.5. The number of hydrogen-bond acceptors (Lipinski definition) is 5. The maximum Gasteiger partial charge on any atom is 0.306 e. The van der Waals surface area contributed by atoms with Crippen LogP contribution in [0.3, 0.4) is 0 Å². The van der Waals surface area contributed by atoms with Gasteiger partial charge in [0.2, 0.25) is 11.8 Å². The fourth-order valence-corrected chi connectivity index (χ4v) is 3.64. The lowest BCUT2D eigenvalue weighted by atomic mass is 10.1. The molecule has 8 heteroatoms. The van der Waals surface area contributed by atoms with Crippen molar-refractivity contribution in [2.45, 2.75) is 32.1 Å². The third-order valence-corrected chi connectivity index (χ3v) is 5.34. The highest BCUT2D eigenvalue weighted by Crippen LogP contribution is 2.15. The van der Waals surface area contributed by atoms with Crippen molar-refractivity contribution in [1.82, 2.24) is 5.32 Å². The summed E-state index contributed by atoms with van der Waals surface area (Å²) in [5, 5.41) is 8.41. The number of thiocarbonyl (C=S) groups is 1. The van der Waals surface area contributed by atoms with Crippen LogP contribution in [0.5, 0.6) is 0 Å². The molecule has 3 rings (SSSR count). The van der Waals surface area contributed by atoms with E-state index in [1.807, 2.05) is 60.7 Å². The molecule has 0 aromatic heterocycles. The van der Waals surface area contributed by atoms with E-state index in [-0.39, 0.29) is 36.2 Å². The summed E-state index contributed by atoms with van der Waals surface area (Å²) < 4.78 is 5.20. The van der Waals surface area contributed by atoms with Crippen LogP contribution in [-0.2, 0) is 32.0 Å². The van der Waals surface area contributed by atoms with E-state index in [9.17, 15) is 14.4 Å². The molecule has 0 bridgehead atoms. The molecular formula is C28H29N3O4S. The van der Waals surface area contributed by atoms with Crippen molar-refractivity contribution in [3.05, 3.63) is 96.1 Å². The van der Waals surface area contributed by atoms with Gasteiger partial charge in [0.1, 0.15) is 0 Å². The highest BCUT2D eigenvalue weighted by Gasteiger charge is 2.10. The Morgan fingerprint density at radius 1 is 0.722 bits per heavy atom. The molecule has 0 aliphatic rings. The van der Waals surface area contributed by atoms with Crippen LogP contribution >= 0.6 is 12.2 Å². The summed E-state index contributed by atoms with van der Waals surface area (Å²) in [5.74, 6) is -0.946. The van der Waals surface area contributed by atoms with E-state index in [1.54, 1.807) is 24.3 Å². The van der Waals surface area contributed by atoms with E-state index >= 15 is 0 Å². The highest BCUT2D eigenvalue weighted by atomic mass is 32.1. The third kappa shape index (κ3) is 10.1. The van der Waals surface area contributed by atoms with Crippen molar-refractivity contribution in [2.75, 3.05) is 17.2 Å². The average molecular weight is 504 g/mol. The number of carbonyl (C=O) groups excluding carboxylic acids is 3. The summed E-state index contributed by atoms with van der Waals surface area (Å²) >= 11 is 5.20. The number of nitrogens with one attached hydrogen (secondary N) is 3. The molecule has 186 valence electrons. The van der Waals surface area contributed by atoms with Gasteiger partial charge in [-0.1, -0.05) is 66.7 Å². The van der Waals surface area contributed by atoms with Crippen molar-refractivity contribution < 1.29 is 19.1 Å². The SMILES string of the molecule is O=C(CCC(=O)OCCCc1ccccc1)NC(=S)Nc1cccc(NC(=O)Cc2ccccc2)c1. The first-order valence-corrected chi connectivity index (χ1v) is 12.1. The summed E-state index contributed by atoms with van der Waals surface area (Å²) in [6, 6.07) is 26.4. The van der Waals surface area contributed by atoms with Crippen molar-refractivity contribution in [3.63, 3.8) is 0 Å². The standard InChI is InChI=1S/C28H29N3O4S/c32-25(16-17-27(34)35-18-8-13-21-9-3-1-4-10-21)31-28(36)30-24-15-7-14-23(20-24)29-26(33)19-22-11-5-2-6-12-22/h1-7,9-12,14-15,20H,8,13,16-19H2,(H,29,33)(H2,30,31,32,36). The molecule has 0 unspecified atom stereocenters. The molecule has 0 saturated carbocycles. The van der Waals surface area contributed by atoms with Gasteiger partial charge in [0.25, 0.3) is 0 Å². The third-order valence-electron chi connectivity index (χ3n) is 5.14. The summed E-state index contributed by atoms with van der Waals surface area (Å²) in [4.78, 5) is 36.3. The Morgan fingerprint density at radius 3 is 2.06 bits per heavy atom. The van der Waals surface area contributed by atoms with Crippen LogP contribution in [-0.4, -0.2) is 29.5 Å². The number of anilines is 2. The van der Waals surface area contributed by atoms with Crippen LogP contribution < -0.4 is 16.0 Å². The zero-order chi connectivity index (χ0) is 25.6. The molecule has 0 radical (unpaired) electrons. The molecule has 0 aliphatic carbocycles. The van der Waals surface area contributed by atoms with Crippen molar-refractivity contribution in [3.8, 4) is 0 Å². The van der Waals surface area contributed by atoms with Crippen molar-refractivity contribution in [2.24, 2.45) is 0 Å². The normalized spacial score (nSPS) is 10.2. The number of rotatable bonds is 11. The Labute approximate surface area is 216 Å². The van der Waals surface area contributed by atoms with Crippen LogP contribution in [0.4, 0.5) is 11.4 Å². The average Bonchev–Trinajstić information content (AvgIpc) is 2.86. The van der Waals surface area contributed by atoms with Gasteiger partial charge in [-0.25, -0.2) is 0 Å². The number of aryl methyl sites for hydroxylation is 1. The summed E-state index contributed by atoms with van der Waals surface area (Å²) in [6.07, 6.45) is 1.76. The van der Waals surface area contributed by atoms with Crippen LogP contribution in [0, 0.1) is 0 Å². The quantitative estimate of drug-likeness (QED) is 0.200. The molecule has 0 aliphatic heterocycles. The Balaban J connectivity index is 1.33. The minimum absolute atomic E-state index is 0.0251. The van der Waals surface area contributed by atoms with Crippen LogP contribution in [0.15, 0.2) is 84.9 Å². The molecule has 7 nitrogen and oxygen atoms in total. The fourth-order valence-electron chi connectivity index (χ4n) is 3.41. The lowest BCUT2D eigenvalue weighted by Gasteiger charge is -2.11. The van der Waals surface area contributed by atoms with Crippen LogP contribution in [0.1, 0.15) is 30.4 Å². The van der Waals surface area contributed by atoms with E-state index in [0.29, 0.717) is 18.0 Å². The second kappa shape index (κ2) is 14.4.